The smallest absolute Gasteiger partial charge is 0.232 e. The second-order valence-electron chi connectivity index (χ2n) is 8.17. The maximum Gasteiger partial charge on any atom is 0.232 e. The minimum Gasteiger partial charge on any atom is -0.590 e. The fraction of sp³-hybridized carbons (Fsp3) is 0.417. The lowest BCUT2D eigenvalue weighted by Gasteiger charge is -2.31. The summed E-state index contributed by atoms with van der Waals surface area (Å²) in [6.07, 6.45) is 4.64. The number of hydrogen-bond donors (Lipinski definition) is 1. The molecule has 1 aromatic carbocycles. The van der Waals surface area contributed by atoms with Crippen LogP contribution in [0.4, 0.5) is 0 Å². The van der Waals surface area contributed by atoms with Crippen LogP contribution in [0.5, 0.6) is 5.75 Å². The Bertz CT molecular complexity index is 1140. The van der Waals surface area contributed by atoms with E-state index in [-0.39, 0.29) is 23.7 Å². The highest BCUT2D eigenvalue weighted by molar-refractivity contribution is 8.30. The van der Waals surface area contributed by atoms with Crippen molar-refractivity contribution >= 4 is 26.8 Å². The van der Waals surface area contributed by atoms with Gasteiger partial charge in [-0.1, -0.05) is 18.2 Å². The highest BCUT2D eigenvalue weighted by atomic mass is 32.2. The molecule has 0 radical (unpaired) electrons. The molecule has 3 atom stereocenters. The summed E-state index contributed by atoms with van der Waals surface area (Å²) < 4.78 is 36.4. The van der Waals surface area contributed by atoms with Gasteiger partial charge in [-0.3, -0.25) is 4.79 Å². The van der Waals surface area contributed by atoms with Gasteiger partial charge in [0.2, 0.25) is 5.89 Å². The minimum atomic E-state index is -1.33. The van der Waals surface area contributed by atoms with Gasteiger partial charge in [0.15, 0.2) is 14.9 Å². The van der Waals surface area contributed by atoms with Gasteiger partial charge in [-0.25, -0.2) is 4.98 Å². The number of ether oxygens (including phenoxy) is 3. The molecule has 1 fully saturated rings. The van der Waals surface area contributed by atoms with Crippen LogP contribution in [0, 0.1) is 6.92 Å². The van der Waals surface area contributed by atoms with Crippen molar-refractivity contribution in [2.45, 2.75) is 43.3 Å². The number of hydrogen-bond acceptors (Lipinski definition) is 7. The summed E-state index contributed by atoms with van der Waals surface area (Å²) in [5.41, 5.74) is 1.66. The number of benzene rings is 1. The Labute approximate surface area is 198 Å². The maximum atomic E-state index is 13.2. The zero-order valence-corrected chi connectivity index (χ0v) is 20.3. The molecule has 7 nitrogen and oxygen atoms in total. The van der Waals surface area contributed by atoms with E-state index in [1.807, 2.05) is 31.2 Å². The Morgan fingerprint density at radius 2 is 2.09 bits per heavy atom. The second kappa shape index (κ2) is 9.60. The van der Waals surface area contributed by atoms with Gasteiger partial charge in [-0.15, -0.1) is 0 Å². The van der Waals surface area contributed by atoms with Gasteiger partial charge in [0.1, 0.15) is 17.6 Å². The van der Waals surface area contributed by atoms with Crippen LogP contribution in [0.15, 0.2) is 46.0 Å². The third-order valence-electron chi connectivity index (χ3n) is 6.24. The number of oxazole rings is 1. The first-order chi connectivity index (χ1) is 16.1. The molecule has 0 spiro atoms. The molecule has 2 aromatic heterocycles. The monoisotopic (exact) mass is 489 g/mol. The highest BCUT2D eigenvalue weighted by Gasteiger charge is 2.43. The van der Waals surface area contributed by atoms with Crippen molar-refractivity contribution in [1.82, 2.24) is 4.98 Å². The summed E-state index contributed by atoms with van der Waals surface area (Å²) >= 11 is 0. The average molecular weight is 490 g/mol. The van der Waals surface area contributed by atoms with Crippen LogP contribution in [-0.4, -0.2) is 46.8 Å². The molecule has 1 saturated heterocycles. The van der Waals surface area contributed by atoms with E-state index in [4.69, 9.17) is 18.6 Å². The molecule has 5 rings (SSSR count). The van der Waals surface area contributed by atoms with Crippen LogP contribution < -0.4 is 4.74 Å². The number of para-hydroxylation sites is 1. The molecule has 3 aromatic rings. The van der Waals surface area contributed by atoms with Crippen molar-refractivity contribution in [2.75, 3.05) is 26.1 Å². The van der Waals surface area contributed by atoms with E-state index in [9.17, 15) is 9.35 Å². The molecule has 3 unspecified atom stereocenters. The van der Waals surface area contributed by atoms with Crippen LogP contribution in [0.25, 0.3) is 11.5 Å². The Balaban J connectivity index is 1.54. The van der Waals surface area contributed by atoms with Gasteiger partial charge >= 0.3 is 0 Å². The molecule has 0 amide bonds. The molecule has 0 N–H and O–H groups in total. The number of methoxy groups -OCH3 is 1. The van der Waals surface area contributed by atoms with Crippen molar-refractivity contribution in [3.05, 3.63) is 52.0 Å². The number of carbonyl (C=O) groups excluding carboxylic acids is 1. The molecule has 0 bridgehead atoms. The third kappa shape index (κ3) is 4.24. The summed E-state index contributed by atoms with van der Waals surface area (Å²) in [4.78, 5) is 19.8. The minimum absolute atomic E-state index is 0.0519. The summed E-state index contributed by atoms with van der Waals surface area (Å²) in [6.45, 7) is 3.17. The molecule has 33 heavy (non-hydrogen) atoms. The van der Waals surface area contributed by atoms with Gasteiger partial charge in [-0.2, -0.15) is 10.9 Å². The predicted molar refractivity (Wildman–Crippen MR) is 127 cm³/mol. The summed E-state index contributed by atoms with van der Waals surface area (Å²) in [6, 6.07) is 7.79. The normalized spacial score (nSPS) is 21.2. The van der Waals surface area contributed by atoms with Crippen LogP contribution in [0.1, 0.15) is 34.3 Å². The summed E-state index contributed by atoms with van der Waals surface area (Å²) in [5, 5.41) is 0.121. The number of carbonyl (C=O) groups is 1. The Morgan fingerprint density at radius 3 is 2.82 bits per heavy atom. The first-order valence-corrected chi connectivity index (χ1v) is 13.7. The topological polar surface area (TPSA) is 93.9 Å². The van der Waals surface area contributed by atoms with Crippen molar-refractivity contribution in [1.29, 1.82) is 0 Å². The van der Waals surface area contributed by atoms with Crippen LogP contribution in [-0.2, 0) is 20.7 Å². The molecular weight excluding hydrogens is 462 g/mol. The van der Waals surface area contributed by atoms with Gasteiger partial charge in [-0.05, 0) is 29.7 Å². The Hall–Kier alpha value is -2.17. The molecule has 0 aliphatic carbocycles. The lowest BCUT2D eigenvalue weighted by atomic mass is 10.1. The molecule has 2 aliphatic rings. The third-order valence-corrected chi connectivity index (χ3v) is 10.4. The average Bonchev–Trinajstić information content (AvgIpc) is 3.53. The van der Waals surface area contributed by atoms with E-state index in [0.717, 1.165) is 34.6 Å². The first kappa shape index (κ1) is 22.6. The van der Waals surface area contributed by atoms with E-state index in [0.29, 0.717) is 34.6 Å². The first-order valence-electron chi connectivity index (χ1n) is 11.0. The number of thiol groups is 1. The van der Waals surface area contributed by atoms with Gasteiger partial charge in [0.05, 0.1) is 36.8 Å². The molecule has 9 heteroatoms. The fourth-order valence-corrected chi connectivity index (χ4v) is 9.17. The van der Waals surface area contributed by atoms with E-state index >= 15 is 0 Å². The Morgan fingerprint density at radius 1 is 1.30 bits per heavy atom. The van der Waals surface area contributed by atoms with Crippen molar-refractivity contribution < 1.29 is 28.0 Å². The van der Waals surface area contributed by atoms with Gasteiger partial charge in [0.25, 0.3) is 0 Å². The van der Waals surface area contributed by atoms with E-state index in [2.05, 4.69) is 4.98 Å². The molecule has 0 saturated carbocycles. The number of nitrogens with zero attached hydrogens (tertiary/aromatic N) is 1. The van der Waals surface area contributed by atoms with Crippen LogP contribution in [0.3, 0.4) is 0 Å². The SMILES string of the molecule is COc1ccccc1C(C[SH]1C(=O)Cc2c1c(-c1ncco1)c(C)[s+]2[O-])OC1CCOCC1. The largest absolute Gasteiger partial charge is 0.590 e. The zero-order valence-electron chi connectivity index (χ0n) is 18.6. The maximum absolute atomic E-state index is 13.2. The van der Waals surface area contributed by atoms with Gasteiger partial charge in [0, 0.05) is 31.5 Å². The summed E-state index contributed by atoms with van der Waals surface area (Å²) in [5.74, 6) is 1.66. The summed E-state index contributed by atoms with van der Waals surface area (Å²) in [7, 11) is -0.958. The fourth-order valence-electron chi connectivity index (χ4n) is 4.61. The number of thiophene rings is 1. The van der Waals surface area contributed by atoms with Crippen molar-refractivity contribution in [2.24, 2.45) is 0 Å². The van der Waals surface area contributed by atoms with Crippen LogP contribution in [0.2, 0.25) is 0 Å². The lowest BCUT2D eigenvalue weighted by molar-refractivity contribution is -0.110. The van der Waals surface area contributed by atoms with E-state index in [1.54, 1.807) is 13.3 Å². The lowest BCUT2D eigenvalue weighted by Crippen LogP contribution is -2.27. The molecular formula is C24H27NO6S2. The highest BCUT2D eigenvalue weighted by Crippen LogP contribution is 2.59. The molecule has 176 valence electrons. The quantitative estimate of drug-likeness (QED) is 0.377. The second-order valence-corrected chi connectivity index (χ2v) is 12.0. The van der Waals surface area contributed by atoms with Crippen molar-refractivity contribution in [3.8, 4) is 17.2 Å². The Kier molecular flexibility index (Phi) is 6.58. The van der Waals surface area contributed by atoms with Gasteiger partial charge < -0.3 is 23.2 Å². The number of fused-ring (bicyclic) bond motifs is 1. The molecule has 4 heterocycles. The van der Waals surface area contributed by atoms with Crippen LogP contribution >= 0.6 is 21.6 Å². The van der Waals surface area contributed by atoms with E-state index < -0.39 is 21.6 Å². The standard InChI is InChI=1S/C24H27NO6S2/c1-15-22(24-25-9-12-30-24)23-20(33(15)27)13-21(26)32(23)14-19(31-16-7-10-29-11-8-16)17-5-3-4-6-18(17)28-2/h3-6,9,12,16,19,32H,7-8,10-11,13-14H2,1-2H3. The number of rotatable bonds is 7. The predicted octanol–water partition coefficient (Wildman–Crippen LogP) is 4.77. The molecule has 2 aliphatic heterocycles. The van der Waals surface area contributed by atoms with E-state index in [1.165, 1.54) is 6.26 Å². The zero-order chi connectivity index (χ0) is 22.9. The van der Waals surface area contributed by atoms with Crippen molar-refractivity contribution in [3.63, 3.8) is 0 Å². The number of aromatic nitrogens is 1.